The maximum atomic E-state index is 13.5. The van der Waals surface area contributed by atoms with Gasteiger partial charge in [0.05, 0.1) is 6.10 Å². The summed E-state index contributed by atoms with van der Waals surface area (Å²) in [6.45, 7) is 6.11. The summed E-state index contributed by atoms with van der Waals surface area (Å²) in [5, 5.41) is 15.1. The van der Waals surface area contributed by atoms with E-state index in [0.29, 0.717) is 24.9 Å². The Kier molecular flexibility index (Phi) is 7.15. The van der Waals surface area contributed by atoms with Crippen molar-refractivity contribution in [3.8, 4) is 0 Å². The van der Waals surface area contributed by atoms with Crippen molar-refractivity contribution in [2.45, 2.75) is 45.8 Å². The van der Waals surface area contributed by atoms with E-state index in [2.05, 4.69) is 10.6 Å². The van der Waals surface area contributed by atoms with Crippen LogP contribution in [0.2, 0.25) is 0 Å². The number of benzene rings is 1. The van der Waals surface area contributed by atoms with Crippen LogP contribution in [0.25, 0.3) is 0 Å². The van der Waals surface area contributed by atoms with Crippen LogP contribution in [0.5, 0.6) is 0 Å². The minimum absolute atomic E-state index is 0.170. The maximum absolute atomic E-state index is 13.5. The van der Waals surface area contributed by atoms with E-state index in [1.165, 1.54) is 6.07 Å². The lowest BCUT2D eigenvalue weighted by atomic mass is 10.0. The minimum atomic E-state index is -0.416. The normalized spacial score (nSPS) is 13.8. The molecular formula is C16H25FN2O2. The molecular weight excluding hydrogens is 271 g/mol. The van der Waals surface area contributed by atoms with Gasteiger partial charge >= 0.3 is 6.03 Å². The number of aliphatic hydroxyl groups is 1. The Labute approximate surface area is 125 Å². The van der Waals surface area contributed by atoms with Crippen LogP contribution in [0, 0.1) is 11.7 Å². The van der Waals surface area contributed by atoms with Crippen LogP contribution < -0.4 is 10.6 Å². The zero-order valence-corrected chi connectivity index (χ0v) is 12.9. The molecule has 0 heterocycles. The molecule has 1 aromatic rings. The summed E-state index contributed by atoms with van der Waals surface area (Å²) < 4.78 is 13.5. The topological polar surface area (TPSA) is 61.4 Å². The summed E-state index contributed by atoms with van der Waals surface area (Å²) in [7, 11) is 0. The second-order valence-electron chi connectivity index (χ2n) is 5.70. The van der Waals surface area contributed by atoms with Crippen molar-refractivity contribution in [2.75, 3.05) is 6.54 Å². The monoisotopic (exact) mass is 296 g/mol. The van der Waals surface area contributed by atoms with Crippen LogP contribution in [-0.4, -0.2) is 29.8 Å². The van der Waals surface area contributed by atoms with Crippen molar-refractivity contribution in [3.05, 3.63) is 35.6 Å². The van der Waals surface area contributed by atoms with Gasteiger partial charge in [-0.25, -0.2) is 9.18 Å². The molecule has 2 unspecified atom stereocenters. The third-order valence-electron chi connectivity index (χ3n) is 3.36. The lowest BCUT2D eigenvalue weighted by Crippen LogP contribution is -2.42. The van der Waals surface area contributed by atoms with Gasteiger partial charge in [-0.2, -0.15) is 0 Å². The number of urea groups is 1. The van der Waals surface area contributed by atoms with Gasteiger partial charge in [0.25, 0.3) is 0 Å². The molecule has 21 heavy (non-hydrogen) atoms. The van der Waals surface area contributed by atoms with E-state index in [1.54, 1.807) is 18.2 Å². The Balaban J connectivity index is 2.29. The molecule has 118 valence electrons. The van der Waals surface area contributed by atoms with Gasteiger partial charge in [-0.3, -0.25) is 0 Å². The van der Waals surface area contributed by atoms with E-state index in [1.807, 2.05) is 20.8 Å². The molecule has 4 nitrogen and oxygen atoms in total. The number of hydrogen-bond donors (Lipinski definition) is 3. The van der Waals surface area contributed by atoms with Gasteiger partial charge in [0.15, 0.2) is 0 Å². The number of aliphatic hydroxyl groups excluding tert-OH is 1. The molecule has 0 saturated carbocycles. The van der Waals surface area contributed by atoms with E-state index >= 15 is 0 Å². The first kappa shape index (κ1) is 17.4. The smallest absolute Gasteiger partial charge is 0.315 e. The van der Waals surface area contributed by atoms with Gasteiger partial charge < -0.3 is 15.7 Å². The van der Waals surface area contributed by atoms with Gasteiger partial charge in [-0.15, -0.1) is 0 Å². The Morgan fingerprint density at radius 1 is 1.29 bits per heavy atom. The lowest BCUT2D eigenvalue weighted by molar-refractivity contribution is 0.116. The van der Waals surface area contributed by atoms with Crippen molar-refractivity contribution in [1.82, 2.24) is 10.6 Å². The molecule has 0 aliphatic carbocycles. The summed E-state index contributed by atoms with van der Waals surface area (Å²) in [6.07, 6.45) is 0.544. The standard InChI is InChI=1S/C16H25FN2O2/c1-11(2)15(20)8-9-18-16(21)19-12(3)10-13-6-4-5-7-14(13)17/h4-7,11-12,15,20H,8-10H2,1-3H3,(H2,18,19,21). The van der Waals surface area contributed by atoms with E-state index in [0.717, 1.165) is 0 Å². The number of hydrogen-bond acceptors (Lipinski definition) is 2. The SMILES string of the molecule is CC(Cc1ccccc1F)NC(=O)NCCC(O)C(C)C. The van der Waals surface area contributed by atoms with Gasteiger partial charge in [-0.05, 0) is 37.3 Å². The highest BCUT2D eigenvalue weighted by atomic mass is 19.1. The summed E-state index contributed by atoms with van der Waals surface area (Å²) in [5.74, 6) is -0.0820. The molecule has 1 aromatic carbocycles. The Hall–Kier alpha value is -1.62. The number of amides is 2. The lowest BCUT2D eigenvalue weighted by Gasteiger charge is -2.17. The largest absolute Gasteiger partial charge is 0.393 e. The fraction of sp³-hybridized carbons (Fsp3) is 0.562. The van der Waals surface area contributed by atoms with Crippen LogP contribution in [0.4, 0.5) is 9.18 Å². The van der Waals surface area contributed by atoms with E-state index in [4.69, 9.17) is 0 Å². The van der Waals surface area contributed by atoms with Crippen molar-refractivity contribution >= 4 is 6.03 Å². The molecule has 0 fully saturated rings. The van der Waals surface area contributed by atoms with Crippen LogP contribution >= 0.6 is 0 Å². The predicted octanol–water partition coefficient (Wildman–Crippen LogP) is 2.46. The van der Waals surface area contributed by atoms with Crippen molar-refractivity contribution < 1.29 is 14.3 Å². The number of carbonyl (C=O) groups is 1. The van der Waals surface area contributed by atoms with Gasteiger partial charge in [-0.1, -0.05) is 32.0 Å². The Morgan fingerprint density at radius 3 is 2.57 bits per heavy atom. The van der Waals surface area contributed by atoms with Gasteiger partial charge in [0.2, 0.25) is 0 Å². The third kappa shape index (κ3) is 6.58. The first-order chi connectivity index (χ1) is 9.90. The molecule has 0 spiro atoms. The van der Waals surface area contributed by atoms with Crippen LogP contribution in [0.1, 0.15) is 32.8 Å². The maximum Gasteiger partial charge on any atom is 0.315 e. The van der Waals surface area contributed by atoms with Crippen molar-refractivity contribution in [1.29, 1.82) is 0 Å². The first-order valence-corrected chi connectivity index (χ1v) is 7.36. The van der Waals surface area contributed by atoms with Crippen molar-refractivity contribution in [3.63, 3.8) is 0 Å². The third-order valence-corrected chi connectivity index (χ3v) is 3.36. The molecule has 0 saturated heterocycles. The van der Waals surface area contributed by atoms with E-state index in [9.17, 15) is 14.3 Å². The quantitative estimate of drug-likeness (QED) is 0.724. The van der Waals surface area contributed by atoms with Crippen LogP contribution in [-0.2, 0) is 6.42 Å². The number of halogens is 1. The minimum Gasteiger partial charge on any atom is -0.393 e. The Bertz CT molecular complexity index is 452. The number of nitrogens with one attached hydrogen (secondary N) is 2. The molecule has 1 rings (SSSR count). The average Bonchev–Trinajstić information content (AvgIpc) is 2.41. The Morgan fingerprint density at radius 2 is 1.95 bits per heavy atom. The molecule has 0 aliphatic heterocycles. The first-order valence-electron chi connectivity index (χ1n) is 7.36. The van der Waals surface area contributed by atoms with Crippen LogP contribution in [0.3, 0.4) is 0 Å². The zero-order valence-electron chi connectivity index (χ0n) is 12.9. The average molecular weight is 296 g/mol. The molecule has 5 heteroatoms. The van der Waals surface area contributed by atoms with E-state index in [-0.39, 0.29) is 23.8 Å². The summed E-state index contributed by atoms with van der Waals surface area (Å²) in [6, 6.07) is 6.08. The summed E-state index contributed by atoms with van der Waals surface area (Å²) in [4.78, 5) is 11.7. The fourth-order valence-corrected chi connectivity index (χ4v) is 1.99. The van der Waals surface area contributed by atoms with Crippen LogP contribution in [0.15, 0.2) is 24.3 Å². The molecule has 2 atom stereocenters. The zero-order chi connectivity index (χ0) is 15.8. The molecule has 3 N–H and O–H groups in total. The summed E-state index contributed by atoms with van der Waals surface area (Å²) >= 11 is 0. The fourth-order valence-electron chi connectivity index (χ4n) is 1.99. The molecule has 0 radical (unpaired) electrons. The highest BCUT2D eigenvalue weighted by Crippen LogP contribution is 2.09. The predicted molar refractivity (Wildman–Crippen MR) is 81.6 cm³/mol. The second-order valence-corrected chi connectivity index (χ2v) is 5.70. The summed E-state index contributed by atoms with van der Waals surface area (Å²) in [5.41, 5.74) is 0.584. The molecule has 0 aliphatic rings. The molecule has 0 bridgehead atoms. The molecule has 2 amide bonds. The number of rotatable bonds is 7. The second kappa shape index (κ2) is 8.62. The number of carbonyl (C=O) groups excluding carboxylic acids is 1. The van der Waals surface area contributed by atoms with Gasteiger partial charge in [0, 0.05) is 12.6 Å². The van der Waals surface area contributed by atoms with Gasteiger partial charge in [0.1, 0.15) is 5.82 Å². The van der Waals surface area contributed by atoms with E-state index < -0.39 is 6.10 Å². The molecule has 0 aromatic heterocycles. The highest BCUT2D eigenvalue weighted by molar-refractivity contribution is 5.74. The van der Waals surface area contributed by atoms with Crippen molar-refractivity contribution in [2.24, 2.45) is 5.92 Å². The highest BCUT2D eigenvalue weighted by Gasteiger charge is 2.12.